The molecular formula is C18H19F3N4O3S. The van der Waals surface area contributed by atoms with Crippen molar-refractivity contribution in [3.63, 3.8) is 0 Å². The molecule has 7 nitrogen and oxygen atoms in total. The lowest BCUT2D eigenvalue weighted by atomic mass is 10.1. The number of rotatable bonds is 6. The van der Waals surface area contributed by atoms with Crippen LogP contribution in [0.3, 0.4) is 0 Å². The maximum atomic E-state index is 12.8. The molecule has 1 aromatic heterocycles. The van der Waals surface area contributed by atoms with E-state index in [-0.39, 0.29) is 22.3 Å². The predicted molar refractivity (Wildman–Crippen MR) is 101 cm³/mol. The number of halogens is 3. The maximum Gasteiger partial charge on any atom is 0.416 e. The van der Waals surface area contributed by atoms with Gasteiger partial charge in [0.05, 0.1) is 18.8 Å². The summed E-state index contributed by atoms with van der Waals surface area (Å²) in [7, 11) is 0. The highest BCUT2D eigenvalue weighted by molar-refractivity contribution is 7.14. The van der Waals surface area contributed by atoms with Crippen LogP contribution in [0.15, 0.2) is 29.6 Å². The van der Waals surface area contributed by atoms with Gasteiger partial charge in [-0.05, 0) is 18.2 Å². The number of hydrogen-bond acceptors (Lipinski definition) is 6. The monoisotopic (exact) mass is 428 g/mol. The molecule has 156 valence electrons. The first-order valence-corrected chi connectivity index (χ1v) is 9.73. The van der Waals surface area contributed by atoms with Gasteiger partial charge in [-0.15, -0.1) is 11.3 Å². The lowest BCUT2D eigenvalue weighted by molar-refractivity contribution is -0.137. The molecule has 29 heavy (non-hydrogen) atoms. The zero-order valence-corrected chi connectivity index (χ0v) is 16.1. The van der Waals surface area contributed by atoms with Crippen LogP contribution in [0, 0.1) is 0 Å². The second-order valence-electron chi connectivity index (χ2n) is 6.28. The van der Waals surface area contributed by atoms with Crippen LogP contribution in [-0.4, -0.2) is 61.1 Å². The number of nitrogens with one attached hydrogen (secondary N) is 2. The fourth-order valence-electron chi connectivity index (χ4n) is 2.68. The average molecular weight is 428 g/mol. The van der Waals surface area contributed by atoms with Crippen LogP contribution < -0.4 is 10.6 Å². The molecule has 2 N–H and O–H groups in total. The topological polar surface area (TPSA) is 83.6 Å². The molecule has 1 saturated heterocycles. The molecule has 2 aromatic rings. The van der Waals surface area contributed by atoms with E-state index in [0.29, 0.717) is 26.3 Å². The van der Waals surface area contributed by atoms with Crippen molar-refractivity contribution in [2.75, 3.05) is 44.7 Å². The second-order valence-corrected chi connectivity index (χ2v) is 7.14. The van der Waals surface area contributed by atoms with Gasteiger partial charge >= 0.3 is 6.18 Å². The minimum Gasteiger partial charge on any atom is -0.379 e. The summed E-state index contributed by atoms with van der Waals surface area (Å²) in [5.74, 6) is -1.11. The van der Waals surface area contributed by atoms with Crippen molar-refractivity contribution >= 4 is 28.3 Å². The summed E-state index contributed by atoms with van der Waals surface area (Å²) < 4.78 is 43.6. The van der Waals surface area contributed by atoms with E-state index in [1.165, 1.54) is 11.4 Å². The van der Waals surface area contributed by atoms with Crippen molar-refractivity contribution in [1.82, 2.24) is 15.2 Å². The Morgan fingerprint density at radius 3 is 2.69 bits per heavy atom. The molecule has 2 amide bonds. The quantitative estimate of drug-likeness (QED) is 0.739. The number of anilines is 1. The molecule has 1 aliphatic rings. The van der Waals surface area contributed by atoms with Crippen LogP contribution in [0.5, 0.6) is 0 Å². The Kier molecular flexibility index (Phi) is 6.83. The third kappa shape index (κ3) is 5.99. The Morgan fingerprint density at radius 1 is 1.21 bits per heavy atom. The van der Waals surface area contributed by atoms with Crippen molar-refractivity contribution in [2.45, 2.75) is 6.18 Å². The standard InChI is InChI=1S/C18H19F3N4O3S/c19-18(20,21)13-3-1-2-12(10-13)15(26)24-17-23-14(11-29-17)16(27)22-4-5-25-6-8-28-9-7-25/h1-3,10-11H,4-9H2,(H,22,27)(H,23,24,26). The van der Waals surface area contributed by atoms with E-state index < -0.39 is 17.6 Å². The zero-order valence-electron chi connectivity index (χ0n) is 15.3. The first-order valence-electron chi connectivity index (χ1n) is 8.85. The van der Waals surface area contributed by atoms with Crippen molar-refractivity contribution in [1.29, 1.82) is 0 Å². The van der Waals surface area contributed by atoms with E-state index in [1.807, 2.05) is 0 Å². The molecule has 0 saturated carbocycles. The van der Waals surface area contributed by atoms with Gasteiger partial charge in [0.1, 0.15) is 5.69 Å². The smallest absolute Gasteiger partial charge is 0.379 e. The summed E-state index contributed by atoms with van der Waals surface area (Å²) in [4.78, 5) is 30.6. The van der Waals surface area contributed by atoms with Gasteiger partial charge < -0.3 is 10.1 Å². The Hall–Kier alpha value is -2.50. The number of aromatic nitrogens is 1. The van der Waals surface area contributed by atoms with E-state index in [1.54, 1.807) is 0 Å². The number of thiazole rings is 1. The summed E-state index contributed by atoms with van der Waals surface area (Å²) in [5, 5.41) is 6.78. The molecule has 2 heterocycles. The van der Waals surface area contributed by atoms with Gasteiger partial charge in [-0.2, -0.15) is 13.2 Å². The van der Waals surface area contributed by atoms with Crippen LogP contribution in [0.1, 0.15) is 26.4 Å². The fourth-order valence-corrected chi connectivity index (χ4v) is 3.37. The van der Waals surface area contributed by atoms with Gasteiger partial charge in [-0.25, -0.2) is 4.98 Å². The third-order valence-electron chi connectivity index (χ3n) is 4.23. The minimum atomic E-state index is -4.54. The summed E-state index contributed by atoms with van der Waals surface area (Å²) in [6, 6.07) is 4.09. The van der Waals surface area contributed by atoms with Gasteiger partial charge in [0, 0.05) is 37.1 Å². The molecule has 1 aromatic carbocycles. The molecule has 1 aliphatic heterocycles. The van der Waals surface area contributed by atoms with Gasteiger partial charge in [0.2, 0.25) is 0 Å². The predicted octanol–water partition coefficient (Wildman–Crippen LogP) is 2.48. The number of hydrogen-bond donors (Lipinski definition) is 2. The first-order chi connectivity index (χ1) is 13.8. The molecule has 0 bridgehead atoms. The number of alkyl halides is 3. The summed E-state index contributed by atoms with van der Waals surface area (Å²) in [6.45, 7) is 4.13. The highest BCUT2D eigenvalue weighted by atomic mass is 32.1. The Bertz CT molecular complexity index is 866. The van der Waals surface area contributed by atoms with Gasteiger partial charge in [-0.3, -0.25) is 19.8 Å². The largest absolute Gasteiger partial charge is 0.416 e. The van der Waals surface area contributed by atoms with Crippen LogP contribution in [0.4, 0.5) is 18.3 Å². The Labute approximate surface area is 168 Å². The molecule has 3 rings (SSSR count). The molecule has 0 aliphatic carbocycles. The van der Waals surface area contributed by atoms with E-state index in [2.05, 4.69) is 20.5 Å². The highest BCUT2D eigenvalue weighted by Gasteiger charge is 2.31. The maximum absolute atomic E-state index is 12.8. The van der Waals surface area contributed by atoms with E-state index >= 15 is 0 Å². The zero-order chi connectivity index (χ0) is 20.9. The molecular weight excluding hydrogens is 409 g/mol. The van der Waals surface area contributed by atoms with Crippen LogP contribution in [0.2, 0.25) is 0 Å². The molecule has 0 atom stereocenters. The number of nitrogens with zero attached hydrogens (tertiary/aromatic N) is 2. The molecule has 0 radical (unpaired) electrons. The highest BCUT2D eigenvalue weighted by Crippen LogP contribution is 2.29. The summed E-state index contributed by atoms with van der Waals surface area (Å²) >= 11 is 1.02. The van der Waals surface area contributed by atoms with Crippen LogP contribution in [0.25, 0.3) is 0 Å². The van der Waals surface area contributed by atoms with Crippen molar-refractivity contribution in [2.24, 2.45) is 0 Å². The fraction of sp³-hybridized carbons (Fsp3) is 0.389. The molecule has 1 fully saturated rings. The third-order valence-corrected chi connectivity index (χ3v) is 4.98. The molecule has 0 unspecified atom stereocenters. The SMILES string of the molecule is O=C(Nc1nc(C(=O)NCCN2CCOCC2)cs1)c1cccc(C(F)(F)F)c1. The normalized spacial score (nSPS) is 15.1. The lowest BCUT2D eigenvalue weighted by Crippen LogP contribution is -2.41. The van der Waals surface area contributed by atoms with Gasteiger partial charge in [0.15, 0.2) is 5.13 Å². The number of amides is 2. The van der Waals surface area contributed by atoms with Gasteiger partial charge in [0.25, 0.3) is 11.8 Å². The minimum absolute atomic E-state index is 0.130. The number of morpholine rings is 1. The van der Waals surface area contributed by atoms with E-state index in [9.17, 15) is 22.8 Å². The van der Waals surface area contributed by atoms with Crippen molar-refractivity contribution in [3.8, 4) is 0 Å². The number of carbonyl (C=O) groups excluding carboxylic acids is 2. The van der Waals surface area contributed by atoms with Crippen molar-refractivity contribution in [3.05, 3.63) is 46.5 Å². The number of benzene rings is 1. The second kappa shape index (κ2) is 9.33. The van der Waals surface area contributed by atoms with Crippen LogP contribution >= 0.6 is 11.3 Å². The Morgan fingerprint density at radius 2 is 1.97 bits per heavy atom. The summed E-state index contributed by atoms with van der Waals surface area (Å²) in [5.41, 5.74) is -0.924. The lowest BCUT2D eigenvalue weighted by Gasteiger charge is -2.26. The molecule has 0 spiro atoms. The Balaban J connectivity index is 1.53. The van der Waals surface area contributed by atoms with Crippen LogP contribution in [-0.2, 0) is 10.9 Å². The van der Waals surface area contributed by atoms with Gasteiger partial charge in [-0.1, -0.05) is 6.07 Å². The summed E-state index contributed by atoms with van der Waals surface area (Å²) in [6.07, 6.45) is -4.54. The number of carbonyl (C=O) groups is 2. The molecule has 11 heteroatoms. The first kappa shape index (κ1) is 21.2. The average Bonchev–Trinajstić information content (AvgIpc) is 3.17. The van der Waals surface area contributed by atoms with E-state index in [4.69, 9.17) is 4.74 Å². The van der Waals surface area contributed by atoms with Crippen molar-refractivity contribution < 1.29 is 27.5 Å². The number of ether oxygens (including phenoxy) is 1. The van der Waals surface area contributed by atoms with E-state index in [0.717, 1.165) is 42.6 Å².